The molecule has 0 bridgehead atoms. The van der Waals surface area contributed by atoms with Gasteiger partial charge in [-0.15, -0.1) is 0 Å². The van der Waals surface area contributed by atoms with Crippen LogP contribution in [0.2, 0.25) is 0 Å². The molecule has 0 amide bonds. The van der Waals surface area contributed by atoms with E-state index in [1.165, 1.54) is 52.4 Å². The molecule has 0 radical (unpaired) electrons. The quantitative estimate of drug-likeness (QED) is 0.784. The molecular formula is C17H36N4. The largest absolute Gasteiger partial charge is 0.298 e. The minimum Gasteiger partial charge on any atom is -0.298 e. The van der Waals surface area contributed by atoms with Gasteiger partial charge in [0.1, 0.15) is 0 Å². The van der Waals surface area contributed by atoms with Crippen LogP contribution in [0.3, 0.4) is 0 Å². The molecule has 0 aromatic carbocycles. The van der Waals surface area contributed by atoms with Crippen LogP contribution < -0.4 is 0 Å². The molecular weight excluding hydrogens is 260 g/mol. The van der Waals surface area contributed by atoms with Crippen molar-refractivity contribution < 1.29 is 0 Å². The lowest BCUT2D eigenvalue weighted by molar-refractivity contribution is -0.0785. The summed E-state index contributed by atoms with van der Waals surface area (Å²) in [4.78, 5) is 10.6. The van der Waals surface area contributed by atoms with Crippen molar-refractivity contribution in [1.29, 1.82) is 0 Å². The topological polar surface area (TPSA) is 13.0 Å². The van der Waals surface area contributed by atoms with Crippen LogP contribution in [0, 0.1) is 0 Å². The van der Waals surface area contributed by atoms with Crippen molar-refractivity contribution in [2.75, 3.05) is 52.4 Å². The fraction of sp³-hybridized carbons (Fsp3) is 1.00. The predicted octanol–water partition coefficient (Wildman–Crippen LogP) is 1.77. The number of piperazine rings is 2. The first-order valence-corrected chi connectivity index (χ1v) is 8.80. The van der Waals surface area contributed by atoms with Gasteiger partial charge in [-0.25, -0.2) is 0 Å². The van der Waals surface area contributed by atoms with Gasteiger partial charge in [-0.2, -0.15) is 0 Å². The maximum atomic E-state index is 2.69. The van der Waals surface area contributed by atoms with E-state index in [2.05, 4.69) is 61.1 Å². The van der Waals surface area contributed by atoms with E-state index in [9.17, 15) is 0 Å². The third-order valence-electron chi connectivity index (χ3n) is 5.64. The van der Waals surface area contributed by atoms with Gasteiger partial charge in [-0.1, -0.05) is 0 Å². The van der Waals surface area contributed by atoms with E-state index >= 15 is 0 Å². The van der Waals surface area contributed by atoms with Gasteiger partial charge in [0, 0.05) is 64.4 Å². The van der Waals surface area contributed by atoms with Crippen molar-refractivity contribution in [2.45, 2.75) is 59.3 Å². The number of rotatable bonds is 4. The lowest BCUT2D eigenvalue weighted by Gasteiger charge is -2.52. The smallest absolute Gasteiger partial charge is 0.0681 e. The molecule has 4 heteroatoms. The fourth-order valence-electron chi connectivity index (χ4n) is 3.77. The van der Waals surface area contributed by atoms with Gasteiger partial charge in [-0.05, 0) is 41.5 Å². The zero-order valence-electron chi connectivity index (χ0n) is 15.1. The van der Waals surface area contributed by atoms with E-state index < -0.39 is 0 Å². The van der Waals surface area contributed by atoms with Crippen LogP contribution in [0.25, 0.3) is 0 Å². The molecule has 2 heterocycles. The first-order chi connectivity index (χ1) is 9.82. The van der Waals surface area contributed by atoms with E-state index in [1.807, 2.05) is 0 Å². The molecule has 0 unspecified atom stereocenters. The third-order valence-corrected chi connectivity index (χ3v) is 5.64. The minimum absolute atomic E-state index is 0.201. The van der Waals surface area contributed by atoms with Gasteiger partial charge >= 0.3 is 0 Å². The van der Waals surface area contributed by atoms with E-state index in [0.717, 1.165) is 0 Å². The Kier molecular flexibility index (Phi) is 5.69. The van der Waals surface area contributed by atoms with Crippen molar-refractivity contribution in [2.24, 2.45) is 0 Å². The average molecular weight is 297 g/mol. The van der Waals surface area contributed by atoms with Gasteiger partial charge < -0.3 is 0 Å². The second-order valence-electron chi connectivity index (χ2n) is 7.73. The summed E-state index contributed by atoms with van der Waals surface area (Å²) in [6.07, 6.45) is 0. The Morgan fingerprint density at radius 2 is 0.857 bits per heavy atom. The summed E-state index contributed by atoms with van der Waals surface area (Å²) in [5.74, 6) is 0. The van der Waals surface area contributed by atoms with Crippen molar-refractivity contribution >= 4 is 0 Å². The zero-order valence-corrected chi connectivity index (χ0v) is 15.1. The second-order valence-corrected chi connectivity index (χ2v) is 7.73. The molecule has 4 nitrogen and oxygen atoms in total. The third kappa shape index (κ3) is 3.98. The average Bonchev–Trinajstić information content (AvgIpc) is 2.47. The molecule has 2 fully saturated rings. The van der Waals surface area contributed by atoms with E-state index in [1.54, 1.807) is 0 Å². The highest BCUT2D eigenvalue weighted by atomic mass is 15.4. The second kappa shape index (κ2) is 6.95. The van der Waals surface area contributed by atoms with Gasteiger partial charge in [-0.3, -0.25) is 19.6 Å². The Balaban J connectivity index is 1.88. The van der Waals surface area contributed by atoms with Crippen LogP contribution in [-0.2, 0) is 0 Å². The highest BCUT2D eigenvalue weighted by molar-refractivity contribution is 4.89. The van der Waals surface area contributed by atoms with Crippen molar-refractivity contribution in [3.05, 3.63) is 0 Å². The molecule has 0 aliphatic carbocycles. The van der Waals surface area contributed by atoms with Crippen molar-refractivity contribution in [3.63, 3.8) is 0 Å². The SMILES string of the molecule is CC(C)N1CCN(C(C)(C)N2CCN(C(C)C)CC2)CC1. The van der Waals surface area contributed by atoms with Gasteiger partial charge in [0.15, 0.2) is 0 Å². The Morgan fingerprint density at radius 3 is 1.10 bits per heavy atom. The molecule has 124 valence electrons. The Hall–Kier alpha value is -0.160. The molecule has 0 N–H and O–H groups in total. The molecule has 0 aromatic rings. The van der Waals surface area contributed by atoms with E-state index in [0.29, 0.717) is 12.1 Å². The minimum atomic E-state index is 0.201. The summed E-state index contributed by atoms with van der Waals surface area (Å²) in [5.41, 5.74) is 0.201. The first-order valence-electron chi connectivity index (χ1n) is 8.80. The lowest BCUT2D eigenvalue weighted by Crippen LogP contribution is -2.65. The van der Waals surface area contributed by atoms with Gasteiger partial charge in [0.25, 0.3) is 0 Å². The predicted molar refractivity (Wildman–Crippen MR) is 90.6 cm³/mol. The maximum Gasteiger partial charge on any atom is 0.0681 e. The highest BCUT2D eigenvalue weighted by Gasteiger charge is 2.37. The highest BCUT2D eigenvalue weighted by Crippen LogP contribution is 2.24. The molecule has 2 aliphatic rings. The maximum absolute atomic E-state index is 2.69. The summed E-state index contributed by atoms with van der Waals surface area (Å²) in [5, 5.41) is 0. The number of nitrogens with zero attached hydrogens (tertiary/aromatic N) is 4. The lowest BCUT2D eigenvalue weighted by atomic mass is 10.1. The molecule has 0 saturated carbocycles. The summed E-state index contributed by atoms with van der Waals surface area (Å²) in [6.45, 7) is 23.8. The van der Waals surface area contributed by atoms with Crippen LogP contribution in [0.5, 0.6) is 0 Å². The molecule has 2 aliphatic heterocycles. The molecule has 0 atom stereocenters. The van der Waals surface area contributed by atoms with Gasteiger partial charge in [0.05, 0.1) is 5.66 Å². The van der Waals surface area contributed by atoms with Gasteiger partial charge in [0.2, 0.25) is 0 Å². The van der Waals surface area contributed by atoms with Crippen LogP contribution in [0.4, 0.5) is 0 Å². The normalized spacial score (nSPS) is 25.1. The first kappa shape index (κ1) is 17.2. The summed E-state index contributed by atoms with van der Waals surface area (Å²) in [6, 6.07) is 1.37. The van der Waals surface area contributed by atoms with Crippen LogP contribution in [0.15, 0.2) is 0 Å². The Morgan fingerprint density at radius 1 is 0.571 bits per heavy atom. The summed E-state index contributed by atoms with van der Waals surface area (Å²) >= 11 is 0. The van der Waals surface area contributed by atoms with Crippen LogP contribution in [0.1, 0.15) is 41.5 Å². The summed E-state index contributed by atoms with van der Waals surface area (Å²) < 4.78 is 0. The molecule has 0 spiro atoms. The molecule has 0 aromatic heterocycles. The van der Waals surface area contributed by atoms with Crippen LogP contribution in [-0.4, -0.2) is 89.7 Å². The number of hydrogen-bond acceptors (Lipinski definition) is 4. The summed E-state index contributed by atoms with van der Waals surface area (Å²) in [7, 11) is 0. The van der Waals surface area contributed by atoms with Crippen molar-refractivity contribution in [3.8, 4) is 0 Å². The van der Waals surface area contributed by atoms with Crippen molar-refractivity contribution in [1.82, 2.24) is 19.6 Å². The zero-order chi connectivity index (χ0) is 15.6. The monoisotopic (exact) mass is 296 g/mol. The number of hydrogen-bond donors (Lipinski definition) is 0. The Bertz CT molecular complexity index is 281. The van der Waals surface area contributed by atoms with E-state index in [4.69, 9.17) is 0 Å². The standard InChI is InChI=1S/C17H36N4/c1-15(2)18-7-11-20(12-8-18)17(5,6)21-13-9-19(10-14-21)16(3)4/h15-16H,7-14H2,1-6H3. The Labute approximate surface area is 132 Å². The molecule has 2 rings (SSSR count). The fourth-order valence-corrected chi connectivity index (χ4v) is 3.77. The molecule has 2 saturated heterocycles. The molecule has 21 heavy (non-hydrogen) atoms. The van der Waals surface area contributed by atoms with Crippen LogP contribution >= 0.6 is 0 Å². The van der Waals surface area contributed by atoms with E-state index in [-0.39, 0.29) is 5.66 Å².